The Labute approximate surface area is 92.7 Å². The number of hydrogen-bond donors (Lipinski definition) is 1. The van der Waals surface area contributed by atoms with Crippen molar-refractivity contribution in [3.63, 3.8) is 0 Å². The number of benzene rings is 1. The van der Waals surface area contributed by atoms with E-state index in [-0.39, 0.29) is 12.5 Å². The molecule has 1 N–H and O–H groups in total. The van der Waals surface area contributed by atoms with E-state index in [2.05, 4.69) is 10.4 Å². The highest BCUT2D eigenvalue weighted by molar-refractivity contribution is 6.02. The van der Waals surface area contributed by atoms with Gasteiger partial charge in [-0.1, -0.05) is 24.3 Å². The van der Waals surface area contributed by atoms with Crippen LogP contribution in [0.2, 0.25) is 0 Å². The zero-order valence-corrected chi connectivity index (χ0v) is 8.80. The summed E-state index contributed by atoms with van der Waals surface area (Å²) in [7, 11) is 0. The Balaban J connectivity index is 2.13. The van der Waals surface area contributed by atoms with Crippen LogP contribution in [-0.4, -0.2) is 29.7 Å². The lowest BCUT2D eigenvalue weighted by molar-refractivity contribution is -0.118. The van der Waals surface area contributed by atoms with E-state index in [9.17, 15) is 9.59 Å². The van der Waals surface area contributed by atoms with Gasteiger partial charge in [0.1, 0.15) is 6.54 Å². The topological polar surface area (TPSA) is 61.8 Å². The molecule has 5 heteroatoms. The van der Waals surface area contributed by atoms with Crippen molar-refractivity contribution in [3.8, 4) is 0 Å². The first-order valence-electron chi connectivity index (χ1n) is 4.88. The minimum atomic E-state index is -0.477. The first-order valence-corrected chi connectivity index (χ1v) is 4.88. The van der Waals surface area contributed by atoms with Crippen LogP contribution in [0.4, 0.5) is 4.79 Å². The molecule has 1 aromatic carbocycles. The molecule has 0 atom stereocenters. The molecule has 1 aromatic rings. The van der Waals surface area contributed by atoms with Gasteiger partial charge in [0.25, 0.3) is 0 Å². The maximum Gasteiger partial charge on any atom is 0.344 e. The van der Waals surface area contributed by atoms with Gasteiger partial charge < -0.3 is 0 Å². The molecule has 82 valence electrons. The zero-order valence-electron chi connectivity index (χ0n) is 8.80. The number of urea groups is 1. The van der Waals surface area contributed by atoms with Crippen LogP contribution in [0.5, 0.6) is 0 Å². The summed E-state index contributed by atoms with van der Waals surface area (Å²) in [6, 6.07) is 7.20. The second kappa shape index (κ2) is 4.14. The molecule has 1 fully saturated rings. The molecular weight excluding hydrogens is 206 g/mol. The van der Waals surface area contributed by atoms with E-state index in [4.69, 9.17) is 0 Å². The number of carbonyl (C=O) groups is 2. The summed E-state index contributed by atoms with van der Waals surface area (Å²) in [6.45, 7) is 1.94. The van der Waals surface area contributed by atoms with Crippen molar-refractivity contribution in [2.45, 2.75) is 6.92 Å². The van der Waals surface area contributed by atoms with Gasteiger partial charge in [-0.3, -0.25) is 10.1 Å². The molecule has 1 aliphatic heterocycles. The number of aryl methyl sites for hydroxylation is 1. The predicted molar refractivity (Wildman–Crippen MR) is 59.0 cm³/mol. The van der Waals surface area contributed by atoms with Crippen molar-refractivity contribution in [2.75, 3.05) is 6.54 Å². The fraction of sp³-hybridized carbons (Fsp3) is 0.182. The van der Waals surface area contributed by atoms with Crippen molar-refractivity contribution in [3.05, 3.63) is 35.4 Å². The Kier molecular flexibility index (Phi) is 2.68. The van der Waals surface area contributed by atoms with E-state index in [1.165, 1.54) is 0 Å². The molecule has 0 saturated carbocycles. The van der Waals surface area contributed by atoms with Crippen LogP contribution in [0.15, 0.2) is 29.4 Å². The maximum atomic E-state index is 11.2. The van der Waals surface area contributed by atoms with Crippen LogP contribution in [-0.2, 0) is 4.79 Å². The number of hydrogen-bond acceptors (Lipinski definition) is 3. The van der Waals surface area contributed by atoms with E-state index >= 15 is 0 Å². The Morgan fingerprint density at radius 3 is 2.75 bits per heavy atom. The van der Waals surface area contributed by atoms with Gasteiger partial charge >= 0.3 is 6.03 Å². The van der Waals surface area contributed by atoms with E-state index in [0.717, 1.165) is 16.1 Å². The minimum Gasteiger partial charge on any atom is -0.275 e. The first kappa shape index (κ1) is 10.4. The highest BCUT2D eigenvalue weighted by Crippen LogP contribution is 2.05. The quantitative estimate of drug-likeness (QED) is 0.590. The van der Waals surface area contributed by atoms with Crippen molar-refractivity contribution < 1.29 is 9.59 Å². The van der Waals surface area contributed by atoms with Gasteiger partial charge in [0.05, 0.1) is 6.21 Å². The molecule has 0 radical (unpaired) electrons. The van der Waals surface area contributed by atoms with Crippen LogP contribution in [0, 0.1) is 6.92 Å². The second-order valence-corrected chi connectivity index (χ2v) is 3.51. The first-order chi connectivity index (χ1) is 7.66. The summed E-state index contributed by atoms with van der Waals surface area (Å²) in [5, 5.41) is 7.22. The highest BCUT2D eigenvalue weighted by Gasteiger charge is 2.25. The van der Waals surface area contributed by atoms with Crippen LogP contribution in [0.3, 0.4) is 0 Å². The lowest BCUT2D eigenvalue weighted by Gasteiger charge is -2.04. The molecule has 0 aliphatic carbocycles. The minimum absolute atomic E-state index is 0.0127. The lowest BCUT2D eigenvalue weighted by atomic mass is 10.1. The van der Waals surface area contributed by atoms with Crippen molar-refractivity contribution in [1.82, 2.24) is 10.3 Å². The second-order valence-electron chi connectivity index (χ2n) is 3.51. The third-order valence-corrected chi connectivity index (χ3v) is 2.30. The third-order valence-electron chi connectivity index (χ3n) is 2.30. The summed E-state index contributed by atoms with van der Waals surface area (Å²) in [6.07, 6.45) is 1.58. The van der Waals surface area contributed by atoms with Gasteiger partial charge in [-0.2, -0.15) is 5.10 Å². The number of amides is 3. The van der Waals surface area contributed by atoms with Gasteiger partial charge in [0.2, 0.25) is 5.91 Å². The molecular formula is C11H11N3O2. The maximum absolute atomic E-state index is 11.2. The van der Waals surface area contributed by atoms with Crippen LogP contribution < -0.4 is 5.32 Å². The van der Waals surface area contributed by atoms with E-state index in [0.29, 0.717) is 0 Å². The number of nitrogens with zero attached hydrogens (tertiary/aromatic N) is 2. The van der Waals surface area contributed by atoms with Crippen LogP contribution in [0.1, 0.15) is 11.1 Å². The number of carbonyl (C=O) groups excluding carboxylic acids is 2. The van der Waals surface area contributed by atoms with E-state index in [1.54, 1.807) is 6.21 Å². The SMILES string of the molecule is Cc1ccccc1/C=N/N1CC(=O)NC1=O. The summed E-state index contributed by atoms with van der Waals surface area (Å²) in [4.78, 5) is 22.1. The number of imide groups is 1. The molecule has 5 nitrogen and oxygen atoms in total. The summed E-state index contributed by atoms with van der Waals surface area (Å²) < 4.78 is 0. The molecule has 0 aromatic heterocycles. The summed E-state index contributed by atoms with van der Waals surface area (Å²) >= 11 is 0. The molecule has 1 aliphatic rings. The van der Waals surface area contributed by atoms with E-state index in [1.807, 2.05) is 31.2 Å². The lowest BCUT2D eigenvalue weighted by Crippen LogP contribution is -2.24. The molecule has 1 saturated heterocycles. The molecule has 0 spiro atoms. The number of rotatable bonds is 2. The van der Waals surface area contributed by atoms with Crippen LogP contribution >= 0.6 is 0 Å². The van der Waals surface area contributed by atoms with Crippen LogP contribution in [0.25, 0.3) is 0 Å². The average molecular weight is 217 g/mol. The van der Waals surface area contributed by atoms with Gasteiger partial charge in [-0.25, -0.2) is 9.80 Å². The number of nitrogens with one attached hydrogen (secondary N) is 1. The molecule has 3 amide bonds. The van der Waals surface area contributed by atoms with Crippen molar-refractivity contribution >= 4 is 18.2 Å². The zero-order chi connectivity index (χ0) is 11.5. The summed E-state index contributed by atoms with van der Waals surface area (Å²) in [5.41, 5.74) is 1.99. The van der Waals surface area contributed by atoms with Gasteiger partial charge in [-0.05, 0) is 18.1 Å². The Hall–Kier alpha value is -2.17. The molecule has 0 unspecified atom stereocenters. The van der Waals surface area contributed by atoms with Crippen molar-refractivity contribution in [2.24, 2.45) is 5.10 Å². The molecule has 16 heavy (non-hydrogen) atoms. The normalized spacial score (nSPS) is 15.9. The standard InChI is InChI=1S/C11H11N3O2/c1-8-4-2-3-5-9(8)6-12-14-7-10(15)13-11(14)16/h2-6H,7H2,1H3,(H,13,15,16)/b12-6+. The van der Waals surface area contributed by atoms with Gasteiger partial charge in [0, 0.05) is 0 Å². The monoisotopic (exact) mass is 217 g/mol. The molecule has 2 rings (SSSR count). The van der Waals surface area contributed by atoms with E-state index < -0.39 is 6.03 Å². The van der Waals surface area contributed by atoms with Crippen molar-refractivity contribution in [1.29, 1.82) is 0 Å². The Bertz CT molecular complexity index is 468. The molecule has 0 bridgehead atoms. The van der Waals surface area contributed by atoms with Gasteiger partial charge in [-0.15, -0.1) is 0 Å². The Morgan fingerprint density at radius 1 is 1.38 bits per heavy atom. The third kappa shape index (κ3) is 2.08. The number of hydrazone groups is 1. The Morgan fingerprint density at radius 2 is 2.12 bits per heavy atom. The van der Waals surface area contributed by atoms with Gasteiger partial charge in [0.15, 0.2) is 0 Å². The smallest absolute Gasteiger partial charge is 0.275 e. The molecule has 1 heterocycles. The average Bonchev–Trinajstić information content (AvgIpc) is 2.56. The predicted octanol–water partition coefficient (Wildman–Crippen LogP) is 0.881. The fourth-order valence-corrected chi connectivity index (χ4v) is 1.39. The highest BCUT2D eigenvalue weighted by atomic mass is 16.2. The fourth-order valence-electron chi connectivity index (χ4n) is 1.39. The summed E-state index contributed by atoms with van der Waals surface area (Å²) in [5.74, 6) is -0.327. The largest absolute Gasteiger partial charge is 0.344 e.